The number of carbonyl (C=O) groups excluding carboxylic acids is 1. The molecule has 3 aromatic rings. The molecule has 1 N–H and O–H groups in total. The molecular weight excluding hydrogens is 338 g/mol. The van der Waals surface area contributed by atoms with E-state index in [1.807, 2.05) is 36.1 Å². The molecule has 1 aliphatic heterocycles. The molecule has 0 unspecified atom stereocenters. The quantitative estimate of drug-likeness (QED) is 0.765. The third-order valence-corrected chi connectivity index (χ3v) is 4.97. The molecule has 0 spiro atoms. The molecule has 3 heterocycles. The summed E-state index contributed by atoms with van der Waals surface area (Å²) >= 11 is 0. The summed E-state index contributed by atoms with van der Waals surface area (Å²) in [4.78, 5) is 21.5. The maximum absolute atomic E-state index is 12.3. The van der Waals surface area contributed by atoms with Crippen molar-refractivity contribution in [1.29, 1.82) is 0 Å². The van der Waals surface area contributed by atoms with E-state index in [-0.39, 0.29) is 17.9 Å². The van der Waals surface area contributed by atoms with E-state index in [2.05, 4.69) is 53.3 Å². The summed E-state index contributed by atoms with van der Waals surface area (Å²) < 4.78 is 1.89. The highest BCUT2D eigenvalue weighted by molar-refractivity contribution is 5.94. The van der Waals surface area contributed by atoms with Gasteiger partial charge in [0.1, 0.15) is 5.82 Å². The number of aryl methyl sites for hydroxylation is 2. The predicted octanol–water partition coefficient (Wildman–Crippen LogP) is 4.01. The van der Waals surface area contributed by atoms with Crippen LogP contribution in [0.25, 0.3) is 11.4 Å². The van der Waals surface area contributed by atoms with Crippen molar-refractivity contribution in [1.82, 2.24) is 19.7 Å². The number of hydrogen-bond acceptors (Lipinski definition) is 4. The Bertz CT molecular complexity index is 1000. The molecule has 6 nitrogen and oxygen atoms in total. The second-order valence-electron chi connectivity index (χ2n) is 7.40. The second-order valence-corrected chi connectivity index (χ2v) is 7.40. The minimum absolute atomic E-state index is 0.00272. The number of amides is 1. The lowest BCUT2D eigenvalue weighted by atomic mass is 9.87. The maximum atomic E-state index is 12.3. The Morgan fingerprint density at radius 1 is 1.19 bits per heavy atom. The van der Waals surface area contributed by atoms with Crippen LogP contribution in [-0.2, 0) is 4.79 Å². The van der Waals surface area contributed by atoms with Gasteiger partial charge in [0, 0.05) is 41.9 Å². The minimum atomic E-state index is -0.0761. The molecule has 4 rings (SSSR count). The number of aromatic nitrogens is 4. The van der Waals surface area contributed by atoms with Crippen molar-refractivity contribution in [2.45, 2.75) is 46.1 Å². The van der Waals surface area contributed by atoms with Gasteiger partial charge in [0.05, 0.1) is 5.69 Å². The summed E-state index contributed by atoms with van der Waals surface area (Å²) in [5.74, 6) is 1.41. The van der Waals surface area contributed by atoms with Gasteiger partial charge in [0.15, 0.2) is 5.82 Å². The average Bonchev–Trinajstić information content (AvgIpc) is 2.98. The van der Waals surface area contributed by atoms with Crippen molar-refractivity contribution in [2.75, 3.05) is 5.32 Å². The Balaban J connectivity index is 1.73. The van der Waals surface area contributed by atoms with Gasteiger partial charge < -0.3 is 5.32 Å². The molecule has 0 aliphatic carbocycles. The second kappa shape index (κ2) is 6.61. The van der Waals surface area contributed by atoms with Gasteiger partial charge in [-0.25, -0.2) is 14.6 Å². The van der Waals surface area contributed by atoms with Gasteiger partial charge in [0.2, 0.25) is 5.91 Å². The van der Waals surface area contributed by atoms with Crippen LogP contribution in [-0.4, -0.2) is 25.7 Å². The zero-order valence-electron chi connectivity index (χ0n) is 16.0. The Morgan fingerprint density at radius 3 is 2.59 bits per heavy atom. The molecule has 1 atom stereocenters. The molecule has 0 radical (unpaired) electrons. The molecule has 2 aromatic heterocycles. The fraction of sp³-hybridized carbons (Fsp3) is 0.333. The molecule has 1 aromatic carbocycles. The first kappa shape index (κ1) is 17.4. The fourth-order valence-corrected chi connectivity index (χ4v) is 3.68. The molecule has 0 bridgehead atoms. The summed E-state index contributed by atoms with van der Waals surface area (Å²) in [7, 11) is 0. The Morgan fingerprint density at radius 2 is 1.93 bits per heavy atom. The van der Waals surface area contributed by atoms with Gasteiger partial charge in [-0.2, -0.15) is 5.10 Å². The van der Waals surface area contributed by atoms with Crippen LogP contribution in [0.4, 0.5) is 5.82 Å². The summed E-state index contributed by atoms with van der Waals surface area (Å²) in [6, 6.07) is 8.30. The van der Waals surface area contributed by atoms with Crippen LogP contribution in [0, 0.1) is 13.8 Å². The van der Waals surface area contributed by atoms with Crippen molar-refractivity contribution in [3.8, 4) is 11.4 Å². The Labute approximate surface area is 158 Å². The highest BCUT2D eigenvalue weighted by Crippen LogP contribution is 2.39. The first-order chi connectivity index (χ1) is 12.9. The number of carbonyl (C=O) groups is 1. The van der Waals surface area contributed by atoms with Crippen LogP contribution < -0.4 is 5.32 Å². The SMILES string of the molecule is Cc1cccc(-c2ncc([C@H]3CC(=O)Nc4c3c(C)nn4C(C)C)cn2)c1. The normalized spacial score (nSPS) is 16.3. The van der Waals surface area contributed by atoms with Crippen LogP contribution in [0.5, 0.6) is 0 Å². The van der Waals surface area contributed by atoms with Crippen LogP contribution in [0.1, 0.15) is 54.6 Å². The number of nitrogens with zero attached hydrogens (tertiary/aromatic N) is 4. The van der Waals surface area contributed by atoms with E-state index >= 15 is 0 Å². The smallest absolute Gasteiger partial charge is 0.226 e. The minimum Gasteiger partial charge on any atom is -0.311 e. The van der Waals surface area contributed by atoms with Gasteiger partial charge in [0.25, 0.3) is 0 Å². The lowest BCUT2D eigenvalue weighted by Gasteiger charge is -2.24. The van der Waals surface area contributed by atoms with E-state index in [0.717, 1.165) is 28.2 Å². The van der Waals surface area contributed by atoms with Crippen molar-refractivity contribution < 1.29 is 4.79 Å². The first-order valence-electron chi connectivity index (χ1n) is 9.22. The monoisotopic (exact) mass is 361 g/mol. The third kappa shape index (κ3) is 3.12. The van der Waals surface area contributed by atoms with Gasteiger partial charge >= 0.3 is 0 Å². The number of benzene rings is 1. The van der Waals surface area contributed by atoms with E-state index in [1.54, 1.807) is 0 Å². The summed E-state index contributed by atoms with van der Waals surface area (Å²) in [6.07, 6.45) is 4.05. The van der Waals surface area contributed by atoms with Gasteiger partial charge in [-0.3, -0.25) is 4.79 Å². The zero-order valence-corrected chi connectivity index (χ0v) is 16.0. The van der Waals surface area contributed by atoms with Crippen molar-refractivity contribution in [3.05, 3.63) is 59.0 Å². The standard InChI is InChI=1S/C21H23N5O/c1-12(2)26-21-19(14(4)25-26)17(9-18(27)24-21)16-10-22-20(23-11-16)15-7-5-6-13(3)8-15/h5-8,10-12,17H,9H2,1-4H3,(H,24,27)/t17-/m1/s1. The van der Waals surface area contributed by atoms with Crippen molar-refractivity contribution in [3.63, 3.8) is 0 Å². The van der Waals surface area contributed by atoms with Gasteiger partial charge in [-0.05, 0) is 39.3 Å². The predicted molar refractivity (Wildman–Crippen MR) is 105 cm³/mol. The van der Waals surface area contributed by atoms with E-state index in [1.165, 1.54) is 5.56 Å². The number of rotatable bonds is 3. The topological polar surface area (TPSA) is 72.7 Å². The van der Waals surface area contributed by atoms with Crippen LogP contribution in [0.3, 0.4) is 0 Å². The molecule has 1 aliphatic rings. The van der Waals surface area contributed by atoms with Crippen molar-refractivity contribution in [2.24, 2.45) is 0 Å². The maximum Gasteiger partial charge on any atom is 0.226 e. The molecule has 138 valence electrons. The number of hydrogen-bond donors (Lipinski definition) is 1. The summed E-state index contributed by atoms with van der Waals surface area (Å²) in [5.41, 5.74) is 5.11. The first-order valence-corrected chi connectivity index (χ1v) is 9.22. The molecule has 0 saturated heterocycles. The lowest BCUT2D eigenvalue weighted by Crippen LogP contribution is -2.25. The summed E-state index contributed by atoms with van der Waals surface area (Å²) in [6.45, 7) is 8.16. The molecular formula is C21H23N5O. The van der Waals surface area contributed by atoms with Gasteiger partial charge in [-0.15, -0.1) is 0 Å². The Kier molecular flexibility index (Phi) is 4.26. The lowest BCUT2D eigenvalue weighted by molar-refractivity contribution is -0.116. The van der Waals surface area contributed by atoms with E-state index in [0.29, 0.717) is 12.2 Å². The van der Waals surface area contributed by atoms with Crippen molar-refractivity contribution >= 4 is 11.7 Å². The molecule has 1 amide bonds. The fourth-order valence-electron chi connectivity index (χ4n) is 3.68. The van der Waals surface area contributed by atoms with E-state index in [9.17, 15) is 4.79 Å². The molecule has 6 heteroatoms. The van der Waals surface area contributed by atoms with Crippen LogP contribution in [0.2, 0.25) is 0 Å². The summed E-state index contributed by atoms with van der Waals surface area (Å²) in [5, 5.41) is 7.63. The zero-order chi connectivity index (χ0) is 19.1. The van der Waals surface area contributed by atoms with E-state index in [4.69, 9.17) is 0 Å². The molecule has 0 fully saturated rings. The molecule has 0 saturated carbocycles. The number of fused-ring (bicyclic) bond motifs is 1. The third-order valence-electron chi connectivity index (χ3n) is 4.97. The number of nitrogens with one attached hydrogen (secondary N) is 1. The highest BCUT2D eigenvalue weighted by atomic mass is 16.1. The van der Waals surface area contributed by atoms with E-state index < -0.39 is 0 Å². The van der Waals surface area contributed by atoms with Crippen LogP contribution >= 0.6 is 0 Å². The highest BCUT2D eigenvalue weighted by Gasteiger charge is 2.33. The Hall–Kier alpha value is -3.02. The van der Waals surface area contributed by atoms with Crippen LogP contribution in [0.15, 0.2) is 36.7 Å². The average molecular weight is 361 g/mol. The largest absolute Gasteiger partial charge is 0.311 e. The van der Waals surface area contributed by atoms with Gasteiger partial charge in [-0.1, -0.05) is 23.8 Å². The molecule has 27 heavy (non-hydrogen) atoms. The number of anilines is 1.